The highest BCUT2D eigenvalue weighted by atomic mass is 16.5. The van der Waals surface area contributed by atoms with E-state index < -0.39 is 0 Å². The van der Waals surface area contributed by atoms with Gasteiger partial charge in [-0.2, -0.15) is 10.4 Å². The van der Waals surface area contributed by atoms with Gasteiger partial charge >= 0.3 is 0 Å². The van der Waals surface area contributed by atoms with Gasteiger partial charge < -0.3 is 10.2 Å². The molecule has 4 unspecified atom stereocenters. The van der Waals surface area contributed by atoms with Crippen molar-refractivity contribution in [3.8, 4) is 6.07 Å². The number of nitrogens with one attached hydrogen (secondary N) is 1. The van der Waals surface area contributed by atoms with Crippen molar-refractivity contribution in [3.05, 3.63) is 0 Å². The summed E-state index contributed by atoms with van der Waals surface area (Å²) in [7, 11) is 0. The minimum absolute atomic E-state index is 0.272. The Labute approximate surface area is 76.6 Å². The van der Waals surface area contributed by atoms with Crippen molar-refractivity contribution in [1.82, 2.24) is 5.43 Å². The van der Waals surface area contributed by atoms with Gasteiger partial charge in [0.15, 0.2) is 0 Å². The molecule has 1 N–H and O–H groups in total. The van der Waals surface area contributed by atoms with Crippen LogP contribution in [0.25, 0.3) is 0 Å². The van der Waals surface area contributed by atoms with Crippen molar-refractivity contribution < 1.29 is 4.74 Å². The molecule has 13 heavy (non-hydrogen) atoms. The SMILES string of the molecule is N#CC1=NNC2C3CCC(CC12)O3. The molecule has 3 heterocycles. The molecule has 4 nitrogen and oxygen atoms in total. The monoisotopic (exact) mass is 177 g/mol. The highest BCUT2D eigenvalue weighted by molar-refractivity contribution is 6.01. The van der Waals surface area contributed by atoms with Gasteiger partial charge in [0.1, 0.15) is 11.8 Å². The first kappa shape index (κ1) is 7.34. The predicted molar refractivity (Wildman–Crippen MR) is 46.0 cm³/mol. The van der Waals surface area contributed by atoms with Gasteiger partial charge in [0.05, 0.1) is 18.2 Å². The summed E-state index contributed by atoms with van der Waals surface area (Å²) < 4.78 is 5.76. The average Bonchev–Trinajstić information content (AvgIpc) is 2.72. The fourth-order valence-corrected chi connectivity index (χ4v) is 2.65. The number of fused-ring (bicyclic) bond motifs is 4. The Morgan fingerprint density at radius 3 is 3.31 bits per heavy atom. The largest absolute Gasteiger partial charge is 0.373 e. The molecule has 0 saturated carbocycles. The number of ether oxygens (including phenoxy) is 1. The second-order valence-corrected chi connectivity index (χ2v) is 3.98. The molecular formula is C9H11N3O. The molecule has 4 atom stereocenters. The summed E-state index contributed by atoms with van der Waals surface area (Å²) in [6, 6.07) is 2.44. The van der Waals surface area contributed by atoms with E-state index >= 15 is 0 Å². The number of nitrogens with zero attached hydrogens (tertiary/aromatic N) is 2. The lowest BCUT2D eigenvalue weighted by Gasteiger charge is -2.30. The van der Waals surface area contributed by atoms with Crippen molar-refractivity contribution in [2.75, 3.05) is 0 Å². The summed E-state index contributed by atoms with van der Waals surface area (Å²) in [6.45, 7) is 0. The molecule has 68 valence electrons. The predicted octanol–water partition coefficient (Wildman–Crippen LogP) is 0.405. The third-order valence-corrected chi connectivity index (χ3v) is 3.29. The quantitative estimate of drug-likeness (QED) is 0.583. The Balaban J connectivity index is 1.89. The Kier molecular flexibility index (Phi) is 1.39. The molecule has 2 fully saturated rings. The summed E-state index contributed by atoms with van der Waals surface area (Å²) >= 11 is 0. The van der Waals surface area contributed by atoms with Gasteiger partial charge in [0, 0.05) is 5.92 Å². The van der Waals surface area contributed by atoms with Gasteiger partial charge in [-0.25, -0.2) is 0 Å². The molecule has 3 aliphatic heterocycles. The van der Waals surface area contributed by atoms with Crippen LogP contribution in [0.4, 0.5) is 0 Å². The molecule has 0 spiro atoms. The smallest absolute Gasteiger partial charge is 0.142 e. The highest BCUT2D eigenvalue weighted by Gasteiger charge is 2.47. The number of rotatable bonds is 0. The van der Waals surface area contributed by atoms with E-state index in [1.807, 2.05) is 0 Å². The first-order chi connectivity index (χ1) is 6.38. The van der Waals surface area contributed by atoms with E-state index in [-0.39, 0.29) is 6.04 Å². The van der Waals surface area contributed by atoms with Crippen molar-refractivity contribution in [2.24, 2.45) is 11.0 Å². The van der Waals surface area contributed by atoms with Gasteiger partial charge in [-0.05, 0) is 19.3 Å². The average molecular weight is 177 g/mol. The van der Waals surface area contributed by atoms with Crippen molar-refractivity contribution in [2.45, 2.75) is 37.5 Å². The van der Waals surface area contributed by atoms with Gasteiger partial charge in [-0.3, -0.25) is 0 Å². The second-order valence-electron chi connectivity index (χ2n) is 3.98. The van der Waals surface area contributed by atoms with Crippen LogP contribution in [-0.2, 0) is 4.74 Å². The first-order valence-electron chi connectivity index (χ1n) is 4.77. The molecule has 2 saturated heterocycles. The van der Waals surface area contributed by atoms with Crippen LogP contribution in [0.15, 0.2) is 5.10 Å². The van der Waals surface area contributed by atoms with Crippen molar-refractivity contribution in [1.29, 1.82) is 5.26 Å². The summed E-state index contributed by atoms with van der Waals surface area (Å²) in [4.78, 5) is 0. The van der Waals surface area contributed by atoms with Crippen LogP contribution < -0.4 is 5.43 Å². The summed E-state index contributed by atoms with van der Waals surface area (Å²) in [6.07, 6.45) is 3.91. The lowest BCUT2D eigenvalue weighted by atomic mass is 9.88. The highest BCUT2D eigenvalue weighted by Crippen LogP contribution is 2.38. The molecule has 4 heteroatoms. The Hall–Kier alpha value is -1.08. The van der Waals surface area contributed by atoms with Crippen molar-refractivity contribution in [3.63, 3.8) is 0 Å². The third kappa shape index (κ3) is 0.909. The number of nitriles is 1. The lowest BCUT2D eigenvalue weighted by molar-refractivity contribution is -0.0247. The zero-order chi connectivity index (χ0) is 8.84. The van der Waals surface area contributed by atoms with E-state index in [1.54, 1.807) is 0 Å². The number of hydrogen-bond donors (Lipinski definition) is 1. The standard InChI is InChI=1S/C9H11N3O/c10-4-7-6-3-5-1-2-8(13-5)9(6)12-11-7/h5-6,8-9,12H,1-3H2. The van der Waals surface area contributed by atoms with E-state index in [0.717, 1.165) is 19.3 Å². The fraction of sp³-hybridized carbons (Fsp3) is 0.778. The number of hydrazone groups is 1. The molecule has 0 aromatic heterocycles. The van der Waals surface area contributed by atoms with Crippen LogP contribution in [0.2, 0.25) is 0 Å². The normalized spacial score (nSPS) is 46.2. The molecule has 3 aliphatic rings. The van der Waals surface area contributed by atoms with Crippen molar-refractivity contribution >= 4 is 5.71 Å². The van der Waals surface area contributed by atoms with Crippen LogP contribution in [0, 0.1) is 17.2 Å². The summed E-state index contributed by atoms with van der Waals surface area (Å²) in [5.41, 5.74) is 3.70. The zero-order valence-electron chi connectivity index (χ0n) is 7.23. The molecule has 2 bridgehead atoms. The van der Waals surface area contributed by atoms with Crippen LogP contribution in [0.1, 0.15) is 19.3 Å². The van der Waals surface area contributed by atoms with E-state index in [4.69, 9.17) is 10.00 Å². The van der Waals surface area contributed by atoms with E-state index in [9.17, 15) is 0 Å². The molecule has 0 radical (unpaired) electrons. The van der Waals surface area contributed by atoms with Gasteiger partial charge in [-0.15, -0.1) is 0 Å². The molecular weight excluding hydrogens is 166 g/mol. The third-order valence-electron chi connectivity index (χ3n) is 3.29. The topological polar surface area (TPSA) is 57.4 Å². The minimum atomic E-state index is 0.272. The Morgan fingerprint density at radius 2 is 2.46 bits per heavy atom. The van der Waals surface area contributed by atoms with Crippen LogP contribution in [-0.4, -0.2) is 24.0 Å². The Morgan fingerprint density at radius 1 is 1.54 bits per heavy atom. The van der Waals surface area contributed by atoms with E-state index in [0.29, 0.717) is 23.8 Å². The molecule has 0 aromatic rings. The first-order valence-corrected chi connectivity index (χ1v) is 4.77. The lowest BCUT2D eigenvalue weighted by Crippen LogP contribution is -2.45. The summed E-state index contributed by atoms with van der Waals surface area (Å²) in [5.74, 6) is 0.316. The molecule has 3 rings (SSSR count). The molecule has 0 amide bonds. The maximum absolute atomic E-state index is 8.84. The molecule has 0 aromatic carbocycles. The zero-order valence-corrected chi connectivity index (χ0v) is 7.23. The van der Waals surface area contributed by atoms with Crippen LogP contribution in [0.3, 0.4) is 0 Å². The Bertz CT molecular complexity index is 306. The molecule has 0 aliphatic carbocycles. The van der Waals surface area contributed by atoms with Crippen LogP contribution in [0.5, 0.6) is 0 Å². The maximum Gasteiger partial charge on any atom is 0.142 e. The van der Waals surface area contributed by atoms with E-state index in [1.165, 1.54) is 0 Å². The van der Waals surface area contributed by atoms with E-state index in [2.05, 4.69) is 16.6 Å². The second kappa shape index (κ2) is 2.46. The van der Waals surface area contributed by atoms with Crippen LogP contribution >= 0.6 is 0 Å². The minimum Gasteiger partial charge on any atom is -0.373 e. The van der Waals surface area contributed by atoms with Gasteiger partial charge in [0.25, 0.3) is 0 Å². The number of hydrogen-bond acceptors (Lipinski definition) is 4. The fourth-order valence-electron chi connectivity index (χ4n) is 2.65. The van der Waals surface area contributed by atoms with Gasteiger partial charge in [0.2, 0.25) is 0 Å². The summed E-state index contributed by atoms with van der Waals surface area (Å²) in [5, 5.41) is 12.9. The maximum atomic E-state index is 8.84. The van der Waals surface area contributed by atoms with Gasteiger partial charge in [-0.1, -0.05) is 0 Å².